The minimum atomic E-state index is -0.795. The minimum absolute atomic E-state index is 0.0470. The van der Waals surface area contributed by atoms with Crippen molar-refractivity contribution in [3.8, 4) is 0 Å². The van der Waals surface area contributed by atoms with E-state index in [0.29, 0.717) is 6.42 Å². The van der Waals surface area contributed by atoms with Gasteiger partial charge in [-0.1, -0.05) is 32.0 Å². The summed E-state index contributed by atoms with van der Waals surface area (Å²) in [7, 11) is 1.89. The van der Waals surface area contributed by atoms with E-state index in [2.05, 4.69) is 5.10 Å². The maximum absolute atomic E-state index is 11.6. The van der Waals surface area contributed by atoms with E-state index in [4.69, 9.17) is 0 Å². The molecule has 0 fully saturated rings. The van der Waals surface area contributed by atoms with Crippen LogP contribution >= 0.6 is 0 Å². The Morgan fingerprint density at radius 1 is 1.42 bits per heavy atom. The molecule has 4 nitrogen and oxygen atoms in total. The van der Waals surface area contributed by atoms with Gasteiger partial charge in [0.1, 0.15) is 0 Å². The Morgan fingerprint density at radius 3 is 2.63 bits per heavy atom. The molecule has 1 N–H and O–H groups in total. The Morgan fingerprint density at radius 2 is 2.05 bits per heavy atom. The van der Waals surface area contributed by atoms with Gasteiger partial charge in [-0.25, -0.2) is 0 Å². The number of benzene rings is 1. The second-order valence-corrected chi connectivity index (χ2v) is 5.64. The predicted octanol–water partition coefficient (Wildman–Crippen LogP) is 2.86. The average Bonchev–Trinajstić information content (AvgIpc) is 2.66. The van der Waals surface area contributed by atoms with E-state index in [1.807, 2.05) is 49.8 Å². The lowest BCUT2D eigenvalue weighted by Crippen LogP contribution is -2.35. The summed E-state index contributed by atoms with van der Waals surface area (Å²) in [5, 5.41) is 15.0. The van der Waals surface area contributed by atoms with Gasteiger partial charge in [-0.2, -0.15) is 5.10 Å². The van der Waals surface area contributed by atoms with Crippen molar-refractivity contribution >= 4 is 16.9 Å². The summed E-state index contributed by atoms with van der Waals surface area (Å²) < 4.78 is 1.81. The SMILES string of the molecule is CC(C)C(C)(Cc1nn(C)c2ccccc12)C(=O)O. The number of hydrogen-bond acceptors (Lipinski definition) is 2. The maximum Gasteiger partial charge on any atom is 0.310 e. The van der Waals surface area contributed by atoms with Gasteiger partial charge in [-0.05, 0) is 18.9 Å². The minimum Gasteiger partial charge on any atom is -0.481 e. The Hall–Kier alpha value is -1.84. The number of para-hydroxylation sites is 1. The van der Waals surface area contributed by atoms with Crippen LogP contribution in [0.4, 0.5) is 0 Å². The number of aryl methyl sites for hydroxylation is 1. The van der Waals surface area contributed by atoms with Gasteiger partial charge in [0.2, 0.25) is 0 Å². The Balaban J connectivity index is 2.49. The molecule has 2 rings (SSSR count). The van der Waals surface area contributed by atoms with E-state index in [0.717, 1.165) is 16.6 Å². The van der Waals surface area contributed by atoms with Crippen LogP contribution in [0.2, 0.25) is 0 Å². The number of aliphatic carboxylic acids is 1. The predicted molar refractivity (Wildman–Crippen MR) is 75.0 cm³/mol. The number of hydrogen-bond donors (Lipinski definition) is 1. The third-order valence-corrected chi connectivity index (χ3v) is 4.13. The third-order valence-electron chi connectivity index (χ3n) is 4.13. The highest BCUT2D eigenvalue weighted by Gasteiger charge is 2.38. The van der Waals surface area contributed by atoms with Gasteiger partial charge in [0.05, 0.1) is 16.6 Å². The molecule has 0 radical (unpaired) electrons. The van der Waals surface area contributed by atoms with E-state index in [9.17, 15) is 9.90 Å². The summed E-state index contributed by atoms with van der Waals surface area (Å²) in [4.78, 5) is 11.6. The van der Waals surface area contributed by atoms with Crippen molar-refractivity contribution < 1.29 is 9.90 Å². The van der Waals surface area contributed by atoms with Crippen LogP contribution in [0.5, 0.6) is 0 Å². The van der Waals surface area contributed by atoms with Crippen LogP contribution in [0.15, 0.2) is 24.3 Å². The first-order chi connectivity index (χ1) is 8.86. The van der Waals surface area contributed by atoms with Crippen LogP contribution in [-0.4, -0.2) is 20.9 Å². The Labute approximate surface area is 113 Å². The summed E-state index contributed by atoms with van der Waals surface area (Å²) in [6.45, 7) is 5.68. The summed E-state index contributed by atoms with van der Waals surface area (Å²) >= 11 is 0. The number of carboxylic acids is 1. The average molecular weight is 260 g/mol. The molecule has 0 amide bonds. The molecule has 0 spiro atoms. The van der Waals surface area contributed by atoms with Crippen molar-refractivity contribution in [2.24, 2.45) is 18.4 Å². The summed E-state index contributed by atoms with van der Waals surface area (Å²) in [5.74, 6) is -0.719. The number of carbonyl (C=O) groups is 1. The standard InChI is InChI=1S/C15H20N2O2/c1-10(2)15(3,14(18)19)9-12-11-7-5-6-8-13(11)17(4)16-12/h5-8,10H,9H2,1-4H3,(H,18,19). The highest BCUT2D eigenvalue weighted by Crippen LogP contribution is 2.33. The third kappa shape index (κ3) is 2.23. The second kappa shape index (κ2) is 4.68. The molecule has 0 aliphatic rings. The molecule has 4 heteroatoms. The number of aromatic nitrogens is 2. The zero-order valence-corrected chi connectivity index (χ0v) is 11.8. The van der Waals surface area contributed by atoms with Gasteiger partial charge in [0.25, 0.3) is 0 Å². The van der Waals surface area contributed by atoms with E-state index in [1.165, 1.54) is 0 Å². The van der Waals surface area contributed by atoms with Gasteiger partial charge >= 0.3 is 5.97 Å². The molecule has 0 aliphatic carbocycles. The molecule has 0 saturated carbocycles. The summed E-state index contributed by atoms with van der Waals surface area (Å²) in [6, 6.07) is 7.92. The monoisotopic (exact) mass is 260 g/mol. The van der Waals surface area contributed by atoms with Gasteiger partial charge in [0, 0.05) is 18.9 Å². The Kier molecular flexibility index (Phi) is 3.35. The van der Waals surface area contributed by atoms with E-state index < -0.39 is 11.4 Å². The van der Waals surface area contributed by atoms with Crippen LogP contribution in [0.1, 0.15) is 26.5 Å². The molecule has 2 aromatic rings. The van der Waals surface area contributed by atoms with E-state index in [-0.39, 0.29) is 5.92 Å². The maximum atomic E-state index is 11.6. The summed E-state index contributed by atoms with van der Waals surface area (Å²) in [5.41, 5.74) is 1.10. The molecular weight excluding hydrogens is 240 g/mol. The molecule has 1 atom stereocenters. The number of rotatable bonds is 4. The molecule has 0 saturated heterocycles. The molecule has 1 unspecified atom stereocenters. The first kappa shape index (κ1) is 13.6. The quantitative estimate of drug-likeness (QED) is 0.919. The largest absolute Gasteiger partial charge is 0.481 e. The van der Waals surface area contributed by atoms with Crippen molar-refractivity contribution in [2.45, 2.75) is 27.2 Å². The van der Waals surface area contributed by atoms with E-state index >= 15 is 0 Å². The molecule has 1 aromatic heterocycles. The molecular formula is C15H20N2O2. The fraction of sp³-hybridized carbons (Fsp3) is 0.467. The highest BCUT2D eigenvalue weighted by molar-refractivity contribution is 5.83. The first-order valence-electron chi connectivity index (χ1n) is 6.50. The lowest BCUT2D eigenvalue weighted by atomic mass is 9.75. The van der Waals surface area contributed by atoms with Crippen LogP contribution < -0.4 is 0 Å². The lowest BCUT2D eigenvalue weighted by molar-refractivity contribution is -0.150. The topological polar surface area (TPSA) is 55.1 Å². The van der Waals surface area contributed by atoms with Crippen molar-refractivity contribution in [3.05, 3.63) is 30.0 Å². The van der Waals surface area contributed by atoms with Gasteiger partial charge < -0.3 is 5.11 Å². The van der Waals surface area contributed by atoms with Crippen molar-refractivity contribution in [2.75, 3.05) is 0 Å². The number of fused-ring (bicyclic) bond motifs is 1. The van der Waals surface area contributed by atoms with Crippen LogP contribution in [-0.2, 0) is 18.3 Å². The van der Waals surface area contributed by atoms with E-state index in [1.54, 1.807) is 6.92 Å². The normalized spacial score (nSPS) is 14.8. The zero-order chi connectivity index (χ0) is 14.2. The van der Waals surface area contributed by atoms with Crippen molar-refractivity contribution in [1.82, 2.24) is 9.78 Å². The number of carboxylic acid groups (broad SMARTS) is 1. The van der Waals surface area contributed by atoms with Gasteiger partial charge in [-0.15, -0.1) is 0 Å². The van der Waals surface area contributed by atoms with Gasteiger partial charge in [0.15, 0.2) is 0 Å². The van der Waals surface area contributed by atoms with Crippen LogP contribution in [0.25, 0.3) is 10.9 Å². The Bertz CT molecular complexity index is 616. The molecule has 1 heterocycles. The smallest absolute Gasteiger partial charge is 0.310 e. The lowest BCUT2D eigenvalue weighted by Gasteiger charge is -2.28. The fourth-order valence-corrected chi connectivity index (χ4v) is 2.29. The van der Waals surface area contributed by atoms with Crippen LogP contribution in [0, 0.1) is 11.3 Å². The van der Waals surface area contributed by atoms with Crippen LogP contribution in [0.3, 0.4) is 0 Å². The highest BCUT2D eigenvalue weighted by atomic mass is 16.4. The molecule has 1 aromatic carbocycles. The van der Waals surface area contributed by atoms with Crippen molar-refractivity contribution in [1.29, 1.82) is 0 Å². The summed E-state index contributed by atoms with van der Waals surface area (Å²) in [6.07, 6.45) is 0.446. The van der Waals surface area contributed by atoms with Gasteiger partial charge in [-0.3, -0.25) is 9.48 Å². The molecule has 102 valence electrons. The number of nitrogens with zero attached hydrogens (tertiary/aromatic N) is 2. The second-order valence-electron chi connectivity index (χ2n) is 5.64. The zero-order valence-electron chi connectivity index (χ0n) is 11.8. The van der Waals surface area contributed by atoms with Crippen molar-refractivity contribution in [3.63, 3.8) is 0 Å². The fourth-order valence-electron chi connectivity index (χ4n) is 2.29. The molecule has 0 aliphatic heterocycles. The molecule has 0 bridgehead atoms. The first-order valence-corrected chi connectivity index (χ1v) is 6.50. The molecule has 19 heavy (non-hydrogen) atoms.